The van der Waals surface area contributed by atoms with Crippen LogP contribution in [0.1, 0.15) is 29.2 Å². The summed E-state index contributed by atoms with van der Waals surface area (Å²) in [6, 6.07) is 12.4. The SMILES string of the molecule is CCN(C)C=Nc1cc(C)c(Cc2ccc(S(C)=O)cc2)cc1C. The first-order valence-corrected chi connectivity index (χ1v) is 9.73. The molecule has 0 aliphatic heterocycles. The number of benzene rings is 2. The van der Waals surface area contributed by atoms with E-state index in [1.54, 1.807) is 6.26 Å². The van der Waals surface area contributed by atoms with Gasteiger partial charge in [0.05, 0.1) is 12.0 Å². The molecule has 1 unspecified atom stereocenters. The molecule has 0 amide bonds. The molecule has 0 aromatic heterocycles. The number of hydrogen-bond donors (Lipinski definition) is 0. The standard InChI is InChI=1S/C20H26N2OS/c1-6-22(4)14-21-20-12-15(2)18(11-16(20)3)13-17-7-9-19(10-8-17)24(5)23/h7-12,14H,6,13H2,1-5H3. The van der Waals surface area contributed by atoms with E-state index >= 15 is 0 Å². The highest BCUT2D eigenvalue weighted by atomic mass is 32.2. The van der Waals surface area contributed by atoms with Crippen LogP contribution in [0.15, 0.2) is 46.3 Å². The van der Waals surface area contributed by atoms with Crippen LogP contribution < -0.4 is 0 Å². The summed E-state index contributed by atoms with van der Waals surface area (Å²) in [5.41, 5.74) is 5.99. The largest absolute Gasteiger partial charge is 0.366 e. The molecule has 4 heteroatoms. The van der Waals surface area contributed by atoms with E-state index in [4.69, 9.17) is 0 Å². The molecule has 128 valence electrons. The van der Waals surface area contributed by atoms with Crippen LogP contribution in [-0.4, -0.2) is 35.3 Å². The Hall–Kier alpha value is -1.94. The summed E-state index contributed by atoms with van der Waals surface area (Å²) in [7, 11) is 1.10. The second-order valence-corrected chi connectivity index (χ2v) is 7.54. The zero-order chi connectivity index (χ0) is 17.7. The molecular weight excluding hydrogens is 316 g/mol. The molecule has 0 saturated carbocycles. The Kier molecular flexibility index (Phi) is 6.32. The van der Waals surface area contributed by atoms with Gasteiger partial charge >= 0.3 is 0 Å². The topological polar surface area (TPSA) is 32.7 Å². The fraction of sp³-hybridized carbons (Fsp3) is 0.350. The normalized spacial score (nSPS) is 12.5. The molecule has 0 spiro atoms. The third-order valence-electron chi connectivity index (χ3n) is 4.20. The van der Waals surface area contributed by atoms with Crippen molar-refractivity contribution >= 4 is 22.8 Å². The lowest BCUT2D eigenvalue weighted by Crippen LogP contribution is -2.14. The smallest absolute Gasteiger partial charge is 0.0909 e. The predicted molar refractivity (Wildman–Crippen MR) is 104 cm³/mol. The van der Waals surface area contributed by atoms with Gasteiger partial charge in [-0.15, -0.1) is 0 Å². The van der Waals surface area contributed by atoms with Crippen molar-refractivity contribution in [3.63, 3.8) is 0 Å². The number of rotatable bonds is 6. The Morgan fingerprint density at radius 1 is 1.12 bits per heavy atom. The van der Waals surface area contributed by atoms with Crippen LogP contribution in [-0.2, 0) is 17.2 Å². The molecule has 2 aromatic rings. The number of nitrogens with zero attached hydrogens (tertiary/aromatic N) is 2. The molecule has 0 aliphatic carbocycles. The van der Waals surface area contributed by atoms with Crippen molar-refractivity contribution in [1.82, 2.24) is 4.90 Å². The first-order chi connectivity index (χ1) is 11.4. The number of aryl methyl sites for hydroxylation is 2. The summed E-state index contributed by atoms with van der Waals surface area (Å²) < 4.78 is 11.5. The average molecular weight is 343 g/mol. The maximum absolute atomic E-state index is 11.5. The molecule has 1 atom stereocenters. The highest BCUT2D eigenvalue weighted by Gasteiger charge is 2.06. The van der Waals surface area contributed by atoms with E-state index in [1.165, 1.54) is 22.3 Å². The average Bonchev–Trinajstić information content (AvgIpc) is 2.56. The summed E-state index contributed by atoms with van der Waals surface area (Å²) in [5, 5.41) is 0. The van der Waals surface area contributed by atoms with E-state index in [2.05, 4.69) is 54.9 Å². The van der Waals surface area contributed by atoms with Crippen LogP contribution in [0, 0.1) is 13.8 Å². The molecule has 0 saturated heterocycles. The van der Waals surface area contributed by atoms with Gasteiger partial charge in [-0.05, 0) is 67.6 Å². The van der Waals surface area contributed by atoms with Crippen LogP contribution >= 0.6 is 0 Å². The first-order valence-electron chi connectivity index (χ1n) is 8.17. The molecule has 0 fully saturated rings. The van der Waals surface area contributed by atoms with E-state index < -0.39 is 10.8 Å². The number of hydrogen-bond acceptors (Lipinski definition) is 2. The van der Waals surface area contributed by atoms with Crippen molar-refractivity contribution in [2.24, 2.45) is 4.99 Å². The molecular formula is C20H26N2OS. The monoisotopic (exact) mass is 342 g/mol. The molecule has 0 aliphatic rings. The summed E-state index contributed by atoms with van der Waals surface area (Å²) in [5.74, 6) is 0. The Morgan fingerprint density at radius 3 is 2.38 bits per heavy atom. The summed E-state index contributed by atoms with van der Waals surface area (Å²) in [6.07, 6.45) is 4.46. The van der Waals surface area contributed by atoms with Crippen molar-refractivity contribution in [2.45, 2.75) is 32.1 Å². The Labute approximate surface area is 147 Å². The maximum Gasteiger partial charge on any atom is 0.0909 e. The van der Waals surface area contributed by atoms with Gasteiger partial charge in [-0.2, -0.15) is 0 Å². The quantitative estimate of drug-likeness (QED) is 0.581. The summed E-state index contributed by atoms with van der Waals surface area (Å²) in [6.45, 7) is 7.28. The predicted octanol–water partition coefficient (Wildman–Crippen LogP) is 4.24. The second kappa shape index (κ2) is 8.25. The van der Waals surface area contributed by atoms with Crippen molar-refractivity contribution in [3.8, 4) is 0 Å². The van der Waals surface area contributed by atoms with E-state index in [0.29, 0.717) is 0 Å². The van der Waals surface area contributed by atoms with E-state index in [-0.39, 0.29) is 0 Å². The Bertz CT molecular complexity index is 751. The molecule has 2 rings (SSSR count). The Morgan fingerprint density at radius 2 is 1.79 bits per heavy atom. The molecule has 0 radical (unpaired) electrons. The van der Waals surface area contributed by atoms with Crippen LogP contribution in [0.4, 0.5) is 5.69 Å². The van der Waals surface area contributed by atoms with Gasteiger partial charge in [0.25, 0.3) is 0 Å². The third-order valence-corrected chi connectivity index (χ3v) is 5.13. The Balaban J connectivity index is 2.21. The van der Waals surface area contributed by atoms with Crippen LogP contribution in [0.3, 0.4) is 0 Å². The first kappa shape index (κ1) is 18.4. The minimum Gasteiger partial charge on any atom is -0.366 e. The molecule has 3 nitrogen and oxygen atoms in total. The molecule has 2 aromatic carbocycles. The van der Waals surface area contributed by atoms with E-state index in [1.807, 2.05) is 25.5 Å². The summed E-state index contributed by atoms with van der Waals surface area (Å²) in [4.78, 5) is 7.51. The highest BCUT2D eigenvalue weighted by molar-refractivity contribution is 7.84. The van der Waals surface area contributed by atoms with Gasteiger partial charge in [0.1, 0.15) is 0 Å². The van der Waals surface area contributed by atoms with E-state index in [9.17, 15) is 4.21 Å². The minimum absolute atomic E-state index is 0.872. The number of aliphatic imine (C=N–C) groups is 1. The van der Waals surface area contributed by atoms with Crippen LogP contribution in [0.2, 0.25) is 0 Å². The van der Waals surface area contributed by atoms with Gasteiger partial charge in [-0.1, -0.05) is 18.2 Å². The fourth-order valence-electron chi connectivity index (χ4n) is 2.45. The van der Waals surface area contributed by atoms with E-state index in [0.717, 1.165) is 23.5 Å². The van der Waals surface area contributed by atoms with Crippen LogP contribution in [0.25, 0.3) is 0 Å². The highest BCUT2D eigenvalue weighted by Crippen LogP contribution is 2.25. The molecule has 0 N–H and O–H groups in total. The lowest BCUT2D eigenvalue weighted by atomic mass is 9.97. The lowest BCUT2D eigenvalue weighted by Gasteiger charge is -2.12. The lowest BCUT2D eigenvalue weighted by molar-refractivity contribution is 0.552. The fourth-order valence-corrected chi connectivity index (χ4v) is 2.97. The summed E-state index contributed by atoms with van der Waals surface area (Å²) >= 11 is 0. The van der Waals surface area contributed by atoms with Gasteiger partial charge in [0.2, 0.25) is 0 Å². The zero-order valence-electron chi connectivity index (χ0n) is 15.2. The van der Waals surface area contributed by atoms with Crippen molar-refractivity contribution < 1.29 is 4.21 Å². The van der Waals surface area contributed by atoms with Gasteiger partial charge in [-0.3, -0.25) is 4.21 Å². The van der Waals surface area contributed by atoms with Gasteiger partial charge < -0.3 is 4.90 Å². The van der Waals surface area contributed by atoms with Crippen molar-refractivity contribution in [2.75, 3.05) is 19.8 Å². The van der Waals surface area contributed by atoms with Crippen molar-refractivity contribution in [1.29, 1.82) is 0 Å². The third kappa shape index (κ3) is 4.78. The van der Waals surface area contributed by atoms with Gasteiger partial charge in [-0.25, -0.2) is 4.99 Å². The minimum atomic E-state index is -0.922. The van der Waals surface area contributed by atoms with Gasteiger partial charge in [0, 0.05) is 35.5 Å². The maximum atomic E-state index is 11.5. The molecule has 24 heavy (non-hydrogen) atoms. The van der Waals surface area contributed by atoms with Crippen molar-refractivity contribution in [3.05, 3.63) is 58.7 Å². The molecule has 0 heterocycles. The zero-order valence-corrected chi connectivity index (χ0v) is 16.0. The van der Waals surface area contributed by atoms with Crippen LogP contribution in [0.5, 0.6) is 0 Å². The molecule has 0 bridgehead atoms. The second-order valence-electron chi connectivity index (χ2n) is 6.16. The van der Waals surface area contributed by atoms with Gasteiger partial charge in [0.15, 0.2) is 0 Å².